The van der Waals surface area contributed by atoms with Crippen molar-refractivity contribution >= 4 is 5.96 Å². The number of benzene rings is 1. The van der Waals surface area contributed by atoms with Gasteiger partial charge >= 0.3 is 0 Å². The summed E-state index contributed by atoms with van der Waals surface area (Å²) in [6.07, 6.45) is 0.782. The van der Waals surface area contributed by atoms with Crippen LogP contribution in [0.1, 0.15) is 19.4 Å². The van der Waals surface area contributed by atoms with Gasteiger partial charge in [-0.1, -0.05) is 12.1 Å². The average Bonchev–Trinajstić information content (AvgIpc) is 2.31. The third-order valence-corrected chi connectivity index (χ3v) is 2.29. The summed E-state index contributed by atoms with van der Waals surface area (Å²) < 4.78 is 12.7. The Kier molecular flexibility index (Phi) is 5.42. The highest BCUT2D eigenvalue weighted by molar-refractivity contribution is 5.79. The van der Waals surface area contributed by atoms with Crippen molar-refractivity contribution in [2.24, 2.45) is 10.8 Å². The Morgan fingerprint density at radius 3 is 2.59 bits per heavy atom. The maximum atomic E-state index is 12.7. The van der Waals surface area contributed by atoms with Gasteiger partial charge in [0.05, 0.1) is 0 Å². The summed E-state index contributed by atoms with van der Waals surface area (Å²) in [4.78, 5) is 4.15. The van der Waals surface area contributed by atoms with Crippen LogP contribution in [0.15, 0.2) is 29.3 Å². The Morgan fingerprint density at radius 2 is 2.06 bits per heavy atom. The molecule has 0 aliphatic heterocycles. The van der Waals surface area contributed by atoms with E-state index in [9.17, 15) is 4.39 Å². The number of hydrogen-bond acceptors (Lipinski definition) is 2. The third-order valence-electron chi connectivity index (χ3n) is 2.29. The first-order valence-corrected chi connectivity index (χ1v) is 5.67. The number of nitrogens with zero attached hydrogens (tertiary/aromatic N) is 1. The van der Waals surface area contributed by atoms with E-state index in [1.165, 1.54) is 12.1 Å². The van der Waals surface area contributed by atoms with Gasteiger partial charge < -0.3 is 5.32 Å². The SMILES string of the molecule is CCN=C(NN)NC(C)Cc1ccc(F)cc1. The molecule has 1 aromatic carbocycles. The van der Waals surface area contributed by atoms with E-state index < -0.39 is 0 Å². The van der Waals surface area contributed by atoms with E-state index in [2.05, 4.69) is 15.7 Å². The molecule has 4 nitrogen and oxygen atoms in total. The summed E-state index contributed by atoms with van der Waals surface area (Å²) in [5, 5.41) is 3.15. The van der Waals surface area contributed by atoms with Gasteiger partial charge in [-0.25, -0.2) is 10.2 Å². The molecule has 0 aliphatic rings. The first-order valence-electron chi connectivity index (χ1n) is 5.67. The largest absolute Gasteiger partial charge is 0.353 e. The van der Waals surface area contributed by atoms with Crippen LogP contribution in [0.25, 0.3) is 0 Å². The average molecular weight is 238 g/mol. The third kappa shape index (κ3) is 4.82. The van der Waals surface area contributed by atoms with Crippen molar-refractivity contribution < 1.29 is 4.39 Å². The van der Waals surface area contributed by atoms with Crippen molar-refractivity contribution in [3.05, 3.63) is 35.6 Å². The van der Waals surface area contributed by atoms with Gasteiger partial charge in [0, 0.05) is 12.6 Å². The molecule has 1 atom stereocenters. The lowest BCUT2D eigenvalue weighted by molar-refractivity contribution is 0.620. The molecule has 1 unspecified atom stereocenters. The number of aliphatic imine (C=N–C) groups is 1. The second-order valence-corrected chi connectivity index (χ2v) is 3.84. The molecule has 0 aromatic heterocycles. The van der Waals surface area contributed by atoms with Crippen LogP contribution in [0.2, 0.25) is 0 Å². The minimum Gasteiger partial charge on any atom is -0.353 e. The van der Waals surface area contributed by atoms with E-state index in [0.717, 1.165) is 12.0 Å². The van der Waals surface area contributed by atoms with Crippen molar-refractivity contribution in [2.45, 2.75) is 26.3 Å². The van der Waals surface area contributed by atoms with Gasteiger partial charge in [-0.3, -0.25) is 10.4 Å². The monoisotopic (exact) mass is 238 g/mol. The maximum Gasteiger partial charge on any atom is 0.205 e. The smallest absolute Gasteiger partial charge is 0.205 e. The predicted molar refractivity (Wildman–Crippen MR) is 68.0 cm³/mol. The second-order valence-electron chi connectivity index (χ2n) is 3.84. The number of hydrogen-bond donors (Lipinski definition) is 3. The van der Waals surface area contributed by atoms with Gasteiger partial charge in [0.15, 0.2) is 0 Å². The fourth-order valence-electron chi connectivity index (χ4n) is 1.55. The minimum absolute atomic E-state index is 0.168. The number of nitrogens with one attached hydrogen (secondary N) is 2. The molecule has 0 aliphatic carbocycles. The van der Waals surface area contributed by atoms with Crippen LogP contribution >= 0.6 is 0 Å². The molecular weight excluding hydrogens is 219 g/mol. The summed E-state index contributed by atoms with van der Waals surface area (Å²) in [7, 11) is 0. The van der Waals surface area contributed by atoms with E-state index >= 15 is 0 Å². The van der Waals surface area contributed by atoms with Gasteiger partial charge in [-0.2, -0.15) is 0 Å². The molecule has 0 saturated heterocycles. The van der Waals surface area contributed by atoms with Crippen molar-refractivity contribution in [1.29, 1.82) is 0 Å². The fourth-order valence-corrected chi connectivity index (χ4v) is 1.55. The Labute approximate surface area is 101 Å². The topological polar surface area (TPSA) is 62.4 Å². The van der Waals surface area contributed by atoms with Crippen molar-refractivity contribution in [1.82, 2.24) is 10.7 Å². The Bertz CT molecular complexity index is 361. The quantitative estimate of drug-likeness (QED) is 0.319. The van der Waals surface area contributed by atoms with Crippen LogP contribution in [-0.2, 0) is 6.42 Å². The zero-order valence-electron chi connectivity index (χ0n) is 10.2. The second kappa shape index (κ2) is 6.85. The molecule has 0 bridgehead atoms. The zero-order valence-corrected chi connectivity index (χ0v) is 10.2. The minimum atomic E-state index is -0.216. The first kappa shape index (κ1) is 13.4. The van der Waals surface area contributed by atoms with Crippen LogP contribution in [0.5, 0.6) is 0 Å². The molecule has 5 heteroatoms. The molecule has 1 rings (SSSR count). The zero-order chi connectivity index (χ0) is 12.7. The van der Waals surface area contributed by atoms with Gasteiger partial charge in [0.25, 0.3) is 0 Å². The van der Waals surface area contributed by atoms with E-state index in [4.69, 9.17) is 5.84 Å². The molecule has 0 fully saturated rings. The molecule has 0 amide bonds. The van der Waals surface area contributed by atoms with Crippen LogP contribution < -0.4 is 16.6 Å². The molecule has 0 saturated carbocycles. The molecule has 94 valence electrons. The predicted octanol–water partition coefficient (Wildman–Crippen LogP) is 1.19. The lowest BCUT2D eigenvalue weighted by Gasteiger charge is -2.16. The highest BCUT2D eigenvalue weighted by atomic mass is 19.1. The summed E-state index contributed by atoms with van der Waals surface area (Å²) in [6, 6.07) is 6.65. The summed E-state index contributed by atoms with van der Waals surface area (Å²) in [6.45, 7) is 4.62. The Morgan fingerprint density at radius 1 is 1.41 bits per heavy atom. The van der Waals surface area contributed by atoms with E-state index in [1.807, 2.05) is 13.8 Å². The van der Waals surface area contributed by atoms with Crippen LogP contribution in [0.3, 0.4) is 0 Å². The van der Waals surface area contributed by atoms with Crippen LogP contribution in [0.4, 0.5) is 4.39 Å². The van der Waals surface area contributed by atoms with Crippen molar-refractivity contribution in [2.75, 3.05) is 6.54 Å². The van der Waals surface area contributed by atoms with Gasteiger partial charge in [-0.15, -0.1) is 0 Å². The molecule has 0 spiro atoms. The number of nitrogens with two attached hydrogens (primary N) is 1. The Balaban J connectivity index is 2.51. The molecule has 0 heterocycles. The van der Waals surface area contributed by atoms with Crippen LogP contribution in [0, 0.1) is 5.82 Å². The number of hydrazine groups is 1. The number of guanidine groups is 1. The molecule has 0 radical (unpaired) electrons. The Hall–Kier alpha value is -1.62. The van der Waals surface area contributed by atoms with Crippen molar-refractivity contribution in [3.63, 3.8) is 0 Å². The summed E-state index contributed by atoms with van der Waals surface area (Å²) in [5.41, 5.74) is 3.58. The molecular formula is C12H19FN4. The van der Waals surface area contributed by atoms with E-state index in [0.29, 0.717) is 12.5 Å². The van der Waals surface area contributed by atoms with Gasteiger partial charge in [0.1, 0.15) is 5.82 Å². The summed E-state index contributed by atoms with van der Waals surface area (Å²) >= 11 is 0. The standard InChI is InChI=1S/C12H19FN4/c1-3-15-12(17-14)16-9(2)8-10-4-6-11(13)7-5-10/h4-7,9H,3,8,14H2,1-2H3,(H2,15,16,17). The molecule has 4 N–H and O–H groups in total. The van der Waals surface area contributed by atoms with Gasteiger partial charge in [-0.05, 0) is 38.0 Å². The highest BCUT2D eigenvalue weighted by Gasteiger charge is 2.05. The fraction of sp³-hybridized carbons (Fsp3) is 0.417. The van der Waals surface area contributed by atoms with E-state index in [1.54, 1.807) is 12.1 Å². The first-order chi connectivity index (χ1) is 8.15. The summed E-state index contributed by atoms with van der Waals surface area (Å²) in [5.74, 6) is 5.68. The normalized spacial score (nSPS) is 13.3. The lowest BCUT2D eigenvalue weighted by atomic mass is 10.1. The molecule has 1 aromatic rings. The number of rotatable bonds is 4. The number of halogens is 1. The van der Waals surface area contributed by atoms with Crippen molar-refractivity contribution in [3.8, 4) is 0 Å². The van der Waals surface area contributed by atoms with Crippen LogP contribution in [-0.4, -0.2) is 18.5 Å². The van der Waals surface area contributed by atoms with E-state index in [-0.39, 0.29) is 11.9 Å². The van der Waals surface area contributed by atoms with Gasteiger partial charge in [0.2, 0.25) is 5.96 Å². The lowest BCUT2D eigenvalue weighted by Crippen LogP contribution is -2.46. The molecule has 17 heavy (non-hydrogen) atoms. The maximum absolute atomic E-state index is 12.7. The highest BCUT2D eigenvalue weighted by Crippen LogP contribution is 2.05.